The van der Waals surface area contributed by atoms with Gasteiger partial charge in [0.2, 0.25) is 5.88 Å². The van der Waals surface area contributed by atoms with Crippen molar-refractivity contribution in [2.75, 3.05) is 12.8 Å². The molecule has 0 unspecified atom stereocenters. The number of rotatable bonds is 4. The predicted molar refractivity (Wildman–Crippen MR) is 70.6 cm³/mol. The average Bonchev–Trinajstić information content (AvgIpc) is 2.45. The van der Waals surface area contributed by atoms with E-state index < -0.39 is 0 Å². The molecule has 2 aromatic heterocycles. The zero-order valence-corrected chi connectivity index (χ0v) is 10.5. The van der Waals surface area contributed by atoms with Crippen molar-refractivity contribution in [2.45, 2.75) is 6.54 Å². The van der Waals surface area contributed by atoms with Crippen LogP contribution in [0.4, 0.5) is 5.82 Å². The lowest BCUT2D eigenvalue weighted by molar-refractivity contribution is 0.0951. The predicted octanol–water partition coefficient (Wildman–Crippen LogP) is 0.997. The van der Waals surface area contributed by atoms with Gasteiger partial charge in [-0.2, -0.15) is 0 Å². The molecule has 0 aliphatic rings. The van der Waals surface area contributed by atoms with Crippen LogP contribution in [0.5, 0.6) is 5.88 Å². The normalized spacial score (nSPS) is 9.95. The van der Waals surface area contributed by atoms with Gasteiger partial charge in [0.25, 0.3) is 5.91 Å². The van der Waals surface area contributed by atoms with Crippen LogP contribution >= 0.6 is 0 Å². The summed E-state index contributed by atoms with van der Waals surface area (Å²) in [6, 6.07) is 6.72. The SMILES string of the molecule is COc1ccc(CNC(=O)c2ccnc(N)c2)cn1. The van der Waals surface area contributed by atoms with Gasteiger partial charge in [-0.25, -0.2) is 9.97 Å². The third-order valence-electron chi connectivity index (χ3n) is 2.50. The number of amides is 1. The topological polar surface area (TPSA) is 90.1 Å². The van der Waals surface area contributed by atoms with Gasteiger partial charge in [-0.05, 0) is 17.7 Å². The van der Waals surface area contributed by atoms with E-state index in [0.717, 1.165) is 5.56 Å². The van der Waals surface area contributed by atoms with Gasteiger partial charge < -0.3 is 15.8 Å². The van der Waals surface area contributed by atoms with Gasteiger partial charge >= 0.3 is 0 Å². The second kappa shape index (κ2) is 5.81. The molecule has 1 amide bonds. The highest BCUT2D eigenvalue weighted by Gasteiger charge is 2.05. The van der Waals surface area contributed by atoms with Crippen molar-refractivity contribution in [1.82, 2.24) is 15.3 Å². The molecule has 0 atom stereocenters. The van der Waals surface area contributed by atoms with Crippen molar-refractivity contribution in [3.8, 4) is 5.88 Å². The molecule has 2 rings (SSSR count). The lowest BCUT2D eigenvalue weighted by Crippen LogP contribution is -2.23. The monoisotopic (exact) mass is 258 g/mol. The van der Waals surface area contributed by atoms with Crippen LogP contribution < -0.4 is 15.8 Å². The largest absolute Gasteiger partial charge is 0.481 e. The van der Waals surface area contributed by atoms with Crippen LogP contribution in [0.1, 0.15) is 15.9 Å². The number of nitrogens with two attached hydrogens (primary N) is 1. The Bertz CT molecular complexity index is 569. The minimum absolute atomic E-state index is 0.204. The molecular weight excluding hydrogens is 244 g/mol. The molecular formula is C13H14N4O2. The lowest BCUT2D eigenvalue weighted by atomic mass is 10.2. The molecule has 6 heteroatoms. The van der Waals surface area contributed by atoms with Crippen molar-refractivity contribution in [1.29, 1.82) is 0 Å². The number of carbonyl (C=O) groups is 1. The minimum Gasteiger partial charge on any atom is -0.481 e. The first-order chi connectivity index (χ1) is 9.19. The molecule has 0 saturated heterocycles. The summed E-state index contributed by atoms with van der Waals surface area (Å²) in [6.07, 6.45) is 3.15. The van der Waals surface area contributed by atoms with Crippen LogP contribution in [0.2, 0.25) is 0 Å². The van der Waals surface area contributed by atoms with Gasteiger partial charge in [0.05, 0.1) is 7.11 Å². The Labute approximate surface area is 110 Å². The summed E-state index contributed by atoms with van der Waals surface area (Å²) in [5.74, 6) is 0.653. The lowest BCUT2D eigenvalue weighted by Gasteiger charge is -2.06. The number of pyridine rings is 2. The third kappa shape index (κ3) is 3.41. The Morgan fingerprint density at radius 3 is 2.84 bits per heavy atom. The summed E-state index contributed by atoms with van der Waals surface area (Å²) in [4.78, 5) is 19.7. The average molecular weight is 258 g/mol. The molecule has 0 fully saturated rings. The number of hydrogen-bond donors (Lipinski definition) is 2. The molecule has 0 radical (unpaired) electrons. The maximum atomic E-state index is 11.9. The zero-order chi connectivity index (χ0) is 13.7. The van der Waals surface area contributed by atoms with E-state index >= 15 is 0 Å². The summed E-state index contributed by atoms with van der Waals surface area (Å²) in [5.41, 5.74) is 6.89. The first kappa shape index (κ1) is 12.8. The Hall–Kier alpha value is -2.63. The van der Waals surface area contributed by atoms with Crippen molar-refractivity contribution in [3.63, 3.8) is 0 Å². The Morgan fingerprint density at radius 1 is 1.37 bits per heavy atom. The number of nitrogens with zero attached hydrogens (tertiary/aromatic N) is 2. The molecule has 19 heavy (non-hydrogen) atoms. The Balaban J connectivity index is 1.96. The summed E-state index contributed by atoms with van der Waals surface area (Å²) in [5, 5.41) is 2.78. The van der Waals surface area contributed by atoms with E-state index in [9.17, 15) is 4.79 Å². The van der Waals surface area contributed by atoms with Crippen molar-refractivity contribution in [3.05, 3.63) is 47.8 Å². The summed E-state index contributed by atoms with van der Waals surface area (Å²) in [7, 11) is 1.55. The summed E-state index contributed by atoms with van der Waals surface area (Å²) in [6.45, 7) is 0.387. The van der Waals surface area contributed by atoms with Crippen molar-refractivity contribution in [2.24, 2.45) is 0 Å². The van der Waals surface area contributed by atoms with Gasteiger partial charge in [0.15, 0.2) is 0 Å². The highest BCUT2D eigenvalue weighted by molar-refractivity contribution is 5.94. The van der Waals surface area contributed by atoms with E-state index in [0.29, 0.717) is 23.8 Å². The van der Waals surface area contributed by atoms with E-state index in [-0.39, 0.29) is 5.91 Å². The van der Waals surface area contributed by atoms with E-state index in [1.165, 1.54) is 12.3 Å². The molecule has 2 heterocycles. The molecule has 0 aliphatic carbocycles. The first-order valence-corrected chi connectivity index (χ1v) is 5.67. The molecule has 0 aliphatic heterocycles. The number of aromatic nitrogens is 2. The Kier molecular flexibility index (Phi) is 3.92. The summed E-state index contributed by atoms with van der Waals surface area (Å²) >= 11 is 0. The quantitative estimate of drug-likeness (QED) is 0.853. The number of methoxy groups -OCH3 is 1. The Morgan fingerprint density at radius 2 is 2.21 bits per heavy atom. The maximum absolute atomic E-state index is 11.9. The highest BCUT2D eigenvalue weighted by Crippen LogP contribution is 2.07. The van der Waals surface area contributed by atoms with Crippen LogP contribution in [-0.4, -0.2) is 23.0 Å². The number of ether oxygens (including phenoxy) is 1. The fourth-order valence-corrected chi connectivity index (χ4v) is 1.51. The van der Waals surface area contributed by atoms with E-state index in [1.807, 2.05) is 6.07 Å². The smallest absolute Gasteiger partial charge is 0.251 e. The van der Waals surface area contributed by atoms with Crippen molar-refractivity contribution >= 4 is 11.7 Å². The number of hydrogen-bond acceptors (Lipinski definition) is 5. The standard InChI is InChI=1S/C13H14N4O2/c1-19-12-3-2-9(7-16-12)8-17-13(18)10-4-5-15-11(14)6-10/h2-7H,8H2,1H3,(H2,14,15)(H,17,18). The number of nitrogens with one attached hydrogen (secondary N) is 1. The highest BCUT2D eigenvalue weighted by atomic mass is 16.5. The molecule has 98 valence electrons. The maximum Gasteiger partial charge on any atom is 0.251 e. The van der Waals surface area contributed by atoms with Crippen LogP contribution in [-0.2, 0) is 6.54 Å². The number of carbonyl (C=O) groups excluding carboxylic acids is 1. The first-order valence-electron chi connectivity index (χ1n) is 5.67. The fraction of sp³-hybridized carbons (Fsp3) is 0.154. The van der Waals surface area contributed by atoms with Gasteiger partial charge in [0.1, 0.15) is 5.82 Å². The van der Waals surface area contributed by atoms with Gasteiger partial charge in [-0.15, -0.1) is 0 Å². The molecule has 3 N–H and O–H groups in total. The molecule has 0 aromatic carbocycles. The van der Waals surface area contributed by atoms with E-state index in [1.54, 1.807) is 25.4 Å². The number of nitrogen functional groups attached to an aromatic ring is 1. The van der Waals surface area contributed by atoms with Crippen LogP contribution in [0.3, 0.4) is 0 Å². The van der Waals surface area contributed by atoms with Crippen LogP contribution in [0, 0.1) is 0 Å². The summed E-state index contributed by atoms with van der Waals surface area (Å²) < 4.78 is 4.96. The second-order valence-electron chi connectivity index (χ2n) is 3.86. The minimum atomic E-state index is -0.204. The van der Waals surface area contributed by atoms with Crippen molar-refractivity contribution < 1.29 is 9.53 Å². The molecule has 2 aromatic rings. The van der Waals surface area contributed by atoms with Crippen LogP contribution in [0.15, 0.2) is 36.7 Å². The van der Waals surface area contributed by atoms with Gasteiger partial charge in [-0.3, -0.25) is 4.79 Å². The van der Waals surface area contributed by atoms with Gasteiger partial charge in [-0.1, -0.05) is 6.07 Å². The second-order valence-corrected chi connectivity index (χ2v) is 3.86. The molecule has 0 spiro atoms. The van der Waals surface area contributed by atoms with E-state index in [4.69, 9.17) is 10.5 Å². The number of anilines is 1. The molecule has 0 bridgehead atoms. The van der Waals surface area contributed by atoms with Crippen LogP contribution in [0.25, 0.3) is 0 Å². The fourth-order valence-electron chi connectivity index (χ4n) is 1.51. The van der Waals surface area contributed by atoms with Gasteiger partial charge in [0, 0.05) is 30.6 Å². The third-order valence-corrected chi connectivity index (χ3v) is 2.50. The molecule has 6 nitrogen and oxygen atoms in total. The zero-order valence-electron chi connectivity index (χ0n) is 10.5. The van der Waals surface area contributed by atoms with E-state index in [2.05, 4.69) is 15.3 Å². The molecule has 0 saturated carbocycles.